The van der Waals surface area contributed by atoms with E-state index in [1.165, 1.54) is 5.56 Å². The predicted octanol–water partition coefficient (Wildman–Crippen LogP) is 3.79. The first kappa shape index (κ1) is 13.5. The van der Waals surface area contributed by atoms with E-state index in [9.17, 15) is 0 Å². The van der Waals surface area contributed by atoms with Crippen molar-refractivity contribution in [1.82, 2.24) is 9.78 Å². The molecule has 0 aliphatic heterocycles. The lowest BCUT2D eigenvalue weighted by atomic mass is 10.2. The number of rotatable bonds is 4. The maximum atomic E-state index is 5.37. The fourth-order valence-corrected chi connectivity index (χ4v) is 3.15. The van der Waals surface area contributed by atoms with Crippen molar-refractivity contribution < 1.29 is 4.74 Å². The number of methoxy groups -OCH3 is 1. The molecule has 3 nitrogen and oxygen atoms in total. The van der Waals surface area contributed by atoms with Gasteiger partial charge in [0.15, 0.2) is 0 Å². The summed E-state index contributed by atoms with van der Waals surface area (Å²) < 4.78 is 8.34. The molecule has 5 heteroatoms. The average Bonchev–Trinajstić information content (AvgIpc) is 2.65. The molecule has 1 aromatic heterocycles. The van der Waals surface area contributed by atoms with Crippen molar-refractivity contribution in [3.63, 3.8) is 0 Å². The van der Waals surface area contributed by atoms with E-state index in [1.807, 2.05) is 30.8 Å². The van der Waals surface area contributed by atoms with Crippen molar-refractivity contribution >= 4 is 27.7 Å². The lowest BCUT2D eigenvalue weighted by Gasteiger charge is -2.08. The second-order valence-electron chi connectivity index (χ2n) is 3.99. The predicted molar refractivity (Wildman–Crippen MR) is 78.2 cm³/mol. The fourth-order valence-electron chi connectivity index (χ4n) is 1.73. The fraction of sp³-hybridized carbons (Fsp3) is 0.308. The molecule has 0 aliphatic rings. The van der Waals surface area contributed by atoms with Crippen LogP contribution in [0.5, 0.6) is 5.75 Å². The molecule has 0 amide bonds. The number of aryl methyl sites for hydroxylation is 2. The van der Waals surface area contributed by atoms with Crippen molar-refractivity contribution in [3.8, 4) is 5.75 Å². The van der Waals surface area contributed by atoms with E-state index in [4.69, 9.17) is 4.74 Å². The average molecular weight is 327 g/mol. The highest BCUT2D eigenvalue weighted by Gasteiger charge is 2.07. The van der Waals surface area contributed by atoms with Crippen LogP contribution in [-0.2, 0) is 12.8 Å². The van der Waals surface area contributed by atoms with E-state index in [0.717, 1.165) is 26.7 Å². The van der Waals surface area contributed by atoms with Gasteiger partial charge in [0.2, 0.25) is 0 Å². The second-order valence-corrected chi connectivity index (χ2v) is 5.90. The number of ether oxygens (including phenoxy) is 1. The number of nitrogens with zero attached hydrogens (tertiary/aromatic N) is 2. The van der Waals surface area contributed by atoms with E-state index in [2.05, 4.69) is 33.2 Å². The summed E-state index contributed by atoms with van der Waals surface area (Å²) in [6, 6.07) is 8.15. The van der Waals surface area contributed by atoms with Gasteiger partial charge in [0.05, 0.1) is 17.8 Å². The van der Waals surface area contributed by atoms with Gasteiger partial charge in [-0.3, -0.25) is 4.68 Å². The van der Waals surface area contributed by atoms with Gasteiger partial charge in [0.25, 0.3) is 0 Å². The Labute approximate surface area is 120 Å². The Bertz CT molecular complexity index is 554. The highest BCUT2D eigenvalue weighted by molar-refractivity contribution is 9.10. The molecule has 1 heterocycles. The highest BCUT2D eigenvalue weighted by Crippen LogP contribution is 2.30. The Morgan fingerprint density at radius 2 is 2.17 bits per heavy atom. The number of benzene rings is 1. The molecule has 2 rings (SSSR count). The van der Waals surface area contributed by atoms with Crippen LogP contribution >= 0.6 is 27.7 Å². The second kappa shape index (κ2) is 5.80. The first-order valence-electron chi connectivity index (χ1n) is 5.56. The van der Waals surface area contributed by atoms with Crippen LogP contribution in [0, 0.1) is 6.92 Å². The summed E-state index contributed by atoms with van der Waals surface area (Å²) in [6.45, 7) is 2.00. The lowest BCUT2D eigenvalue weighted by molar-refractivity contribution is 0.411. The lowest BCUT2D eigenvalue weighted by Crippen LogP contribution is -1.94. The monoisotopic (exact) mass is 326 g/mol. The Morgan fingerprint density at radius 1 is 1.39 bits per heavy atom. The molecule has 0 aliphatic carbocycles. The summed E-state index contributed by atoms with van der Waals surface area (Å²) >= 11 is 5.25. The molecule has 0 spiro atoms. The SMILES string of the molecule is COc1ccc(Br)cc1CSc1cc(C)nn1C. The summed E-state index contributed by atoms with van der Waals surface area (Å²) in [5.74, 6) is 1.78. The van der Waals surface area contributed by atoms with Crippen molar-refractivity contribution in [2.75, 3.05) is 7.11 Å². The quantitative estimate of drug-likeness (QED) is 0.800. The van der Waals surface area contributed by atoms with Gasteiger partial charge in [-0.2, -0.15) is 5.10 Å². The van der Waals surface area contributed by atoms with Crippen LogP contribution in [-0.4, -0.2) is 16.9 Å². The zero-order chi connectivity index (χ0) is 13.1. The summed E-state index contributed by atoms with van der Waals surface area (Å²) in [6.07, 6.45) is 0. The van der Waals surface area contributed by atoms with E-state index >= 15 is 0 Å². The Morgan fingerprint density at radius 3 is 2.78 bits per heavy atom. The molecule has 0 unspecified atom stereocenters. The minimum atomic E-state index is 0.863. The van der Waals surface area contributed by atoms with Crippen LogP contribution in [0.4, 0.5) is 0 Å². The zero-order valence-electron chi connectivity index (χ0n) is 10.6. The number of hydrogen-bond donors (Lipinski definition) is 0. The maximum absolute atomic E-state index is 5.37. The summed E-state index contributed by atoms with van der Waals surface area (Å²) in [4.78, 5) is 0. The largest absolute Gasteiger partial charge is 0.496 e. The van der Waals surface area contributed by atoms with E-state index in [1.54, 1.807) is 18.9 Å². The molecule has 0 saturated heterocycles. The first-order chi connectivity index (χ1) is 8.60. The molecular formula is C13H15BrN2OS. The first-order valence-corrected chi connectivity index (χ1v) is 7.34. The Hall–Kier alpha value is -0.940. The molecule has 1 aromatic carbocycles. The highest BCUT2D eigenvalue weighted by atomic mass is 79.9. The number of thioether (sulfide) groups is 1. The molecule has 0 radical (unpaired) electrons. The third kappa shape index (κ3) is 3.09. The summed E-state index contributed by atoms with van der Waals surface area (Å²) in [7, 11) is 3.67. The van der Waals surface area contributed by atoms with E-state index < -0.39 is 0 Å². The van der Waals surface area contributed by atoms with Gasteiger partial charge in [0.1, 0.15) is 5.75 Å². The molecule has 0 fully saturated rings. The van der Waals surface area contributed by atoms with Crippen LogP contribution in [0.15, 0.2) is 33.8 Å². The van der Waals surface area contributed by atoms with Crippen molar-refractivity contribution in [2.45, 2.75) is 17.7 Å². The van der Waals surface area contributed by atoms with Crippen molar-refractivity contribution in [3.05, 3.63) is 40.0 Å². The smallest absolute Gasteiger partial charge is 0.122 e. The number of halogens is 1. The van der Waals surface area contributed by atoms with Crippen molar-refractivity contribution in [2.24, 2.45) is 7.05 Å². The molecule has 18 heavy (non-hydrogen) atoms. The Kier molecular flexibility index (Phi) is 4.35. The van der Waals surface area contributed by atoms with Gasteiger partial charge in [-0.15, -0.1) is 11.8 Å². The van der Waals surface area contributed by atoms with Crippen molar-refractivity contribution in [1.29, 1.82) is 0 Å². The van der Waals surface area contributed by atoms with Gasteiger partial charge < -0.3 is 4.74 Å². The molecule has 0 bridgehead atoms. The van der Waals surface area contributed by atoms with Gasteiger partial charge in [-0.25, -0.2) is 0 Å². The number of hydrogen-bond acceptors (Lipinski definition) is 3. The van der Waals surface area contributed by atoms with E-state index in [-0.39, 0.29) is 0 Å². The summed E-state index contributed by atoms with van der Waals surface area (Å²) in [5.41, 5.74) is 2.22. The normalized spacial score (nSPS) is 10.7. The van der Waals surface area contributed by atoms with Gasteiger partial charge in [-0.05, 0) is 31.2 Å². The third-order valence-corrected chi connectivity index (χ3v) is 4.20. The zero-order valence-corrected chi connectivity index (χ0v) is 13.0. The topological polar surface area (TPSA) is 27.1 Å². The number of aromatic nitrogens is 2. The van der Waals surface area contributed by atoms with Crippen LogP contribution in [0.2, 0.25) is 0 Å². The van der Waals surface area contributed by atoms with Gasteiger partial charge >= 0.3 is 0 Å². The molecule has 2 aromatic rings. The molecular weight excluding hydrogens is 312 g/mol. The van der Waals surface area contributed by atoms with Crippen LogP contribution in [0.25, 0.3) is 0 Å². The minimum absolute atomic E-state index is 0.863. The minimum Gasteiger partial charge on any atom is -0.496 e. The third-order valence-electron chi connectivity index (χ3n) is 2.58. The molecule has 0 N–H and O–H groups in total. The molecule has 0 saturated carbocycles. The molecule has 0 atom stereocenters. The van der Waals surface area contributed by atoms with Crippen LogP contribution < -0.4 is 4.74 Å². The maximum Gasteiger partial charge on any atom is 0.122 e. The van der Waals surface area contributed by atoms with Crippen LogP contribution in [0.3, 0.4) is 0 Å². The van der Waals surface area contributed by atoms with Gasteiger partial charge in [-0.1, -0.05) is 15.9 Å². The Balaban J connectivity index is 2.14. The standard InChI is InChI=1S/C13H15BrN2OS/c1-9-6-13(16(2)15-9)18-8-10-7-11(14)4-5-12(10)17-3/h4-7H,8H2,1-3H3. The molecule has 96 valence electrons. The summed E-state index contributed by atoms with van der Waals surface area (Å²) in [5, 5.41) is 5.50. The van der Waals surface area contributed by atoms with Gasteiger partial charge in [0, 0.05) is 22.8 Å². The van der Waals surface area contributed by atoms with E-state index in [0.29, 0.717) is 0 Å². The van der Waals surface area contributed by atoms with Crippen LogP contribution in [0.1, 0.15) is 11.3 Å².